The molecule has 44 heavy (non-hydrogen) atoms. The molecule has 0 radical (unpaired) electrons. The van der Waals surface area contributed by atoms with Crippen LogP contribution in [0, 0.1) is 10.5 Å². The van der Waals surface area contributed by atoms with Gasteiger partial charge in [0.15, 0.2) is 0 Å². The third-order valence-electron chi connectivity index (χ3n) is 7.28. The van der Waals surface area contributed by atoms with Crippen molar-refractivity contribution in [3.63, 3.8) is 0 Å². The van der Waals surface area contributed by atoms with E-state index in [-0.39, 0.29) is 24.7 Å². The van der Waals surface area contributed by atoms with Gasteiger partial charge in [0.05, 0.1) is 0 Å². The van der Waals surface area contributed by atoms with Crippen LogP contribution in [-0.2, 0) is 32.0 Å². The summed E-state index contributed by atoms with van der Waals surface area (Å²) in [5.74, 6) is -2.20. The van der Waals surface area contributed by atoms with Gasteiger partial charge in [-0.25, -0.2) is 10.9 Å². The van der Waals surface area contributed by atoms with Crippen molar-refractivity contribution in [2.24, 2.45) is 0 Å². The van der Waals surface area contributed by atoms with Gasteiger partial charge in [0.25, 0.3) is 0 Å². The summed E-state index contributed by atoms with van der Waals surface area (Å²) in [4.78, 5) is 47.5. The number of carbonyl (C=O) groups is 4. The Labute approximate surface area is 274 Å². The lowest BCUT2D eigenvalue weighted by Crippen LogP contribution is -2.52. The lowest BCUT2D eigenvalue weighted by molar-refractivity contribution is -0.143. The summed E-state index contributed by atoms with van der Waals surface area (Å²) in [6.45, 7) is 2.96. The minimum Gasteiger partial charge on any atom is -0.480 e. The summed E-state index contributed by atoms with van der Waals surface area (Å²) < 4.78 is 1.18. The van der Waals surface area contributed by atoms with Gasteiger partial charge in [-0.15, -0.1) is 0 Å². The van der Waals surface area contributed by atoms with Crippen molar-refractivity contribution in [2.75, 3.05) is 13.1 Å². The van der Waals surface area contributed by atoms with Crippen molar-refractivity contribution < 1.29 is 29.4 Å². The number of benzene rings is 2. The average molecular weight is 723 g/mol. The number of hydrogen-bond acceptors (Lipinski definition) is 6. The Morgan fingerprint density at radius 1 is 0.636 bits per heavy atom. The fraction of sp³-hybridized carbons (Fsp3) is 0.515. The maximum absolute atomic E-state index is 12.1. The first-order chi connectivity index (χ1) is 21.1. The lowest BCUT2D eigenvalue weighted by atomic mass is 10.1. The molecule has 0 unspecified atom stereocenters. The first-order valence-electron chi connectivity index (χ1n) is 15.4. The summed E-state index contributed by atoms with van der Waals surface area (Å²) in [6, 6.07) is 14.6. The molecule has 0 saturated heterocycles. The number of unbranched alkanes of at least 4 members (excludes halogenated alkanes) is 2. The van der Waals surface area contributed by atoms with Crippen LogP contribution in [-0.4, -0.2) is 59.1 Å². The number of nitrogens with one attached hydrogen (secondary N) is 4. The third-order valence-corrected chi connectivity index (χ3v) is 8.00. The largest absolute Gasteiger partial charge is 0.480 e. The molecule has 2 aromatic rings. The number of amides is 2. The Bertz CT molecular complexity index is 1070. The quantitative estimate of drug-likeness (QED) is 0.0556. The zero-order valence-corrected chi connectivity index (χ0v) is 27.7. The van der Waals surface area contributed by atoms with E-state index in [1.54, 1.807) is 0 Å². The van der Waals surface area contributed by atoms with Crippen LogP contribution in [0.1, 0.15) is 80.9 Å². The van der Waals surface area contributed by atoms with Crippen molar-refractivity contribution in [2.45, 2.75) is 96.1 Å². The van der Waals surface area contributed by atoms with Gasteiger partial charge in [0.2, 0.25) is 11.8 Å². The Morgan fingerprint density at radius 3 is 1.45 bits per heavy atom. The molecule has 10 nitrogen and oxygen atoms in total. The van der Waals surface area contributed by atoms with E-state index in [4.69, 9.17) is 0 Å². The Morgan fingerprint density at radius 2 is 1.05 bits per heavy atom. The number of aryl methyl sites for hydroxylation is 3. The maximum Gasteiger partial charge on any atom is 0.322 e. The fourth-order valence-electron chi connectivity index (χ4n) is 4.61. The zero-order valence-electron chi connectivity index (χ0n) is 25.6. The highest BCUT2D eigenvalue weighted by Gasteiger charge is 2.21. The Balaban J connectivity index is 1.54. The molecule has 0 fully saturated rings. The smallest absolute Gasteiger partial charge is 0.322 e. The molecule has 2 aromatic carbocycles. The second-order valence-corrected chi connectivity index (χ2v) is 12.3. The molecule has 0 aromatic heterocycles. The molecule has 0 heterocycles. The third kappa shape index (κ3) is 16.7. The van der Waals surface area contributed by atoms with Crippen LogP contribution in [0.25, 0.3) is 0 Å². The Kier molecular flexibility index (Phi) is 18.3. The van der Waals surface area contributed by atoms with Gasteiger partial charge in [0.1, 0.15) is 12.1 Å². The number of rotatable bonds is 23. The van der Waals surface area contributed by atoms with Crippen LogP contribution in [0.4, 0.5) is 0 Å². The molecular formula is C33H47IN4O6. The van der Waals surface area contributed by atoms with Crippen molar-refractivity contribution in [3.05, 3.63) is 68.8 Å². The van der Waals surface area contributed by atoms with Gasteiger partial charge in [-0.3, -0.25) is 19.2 Å². The van der Waals surface area contributed by atoms with E-state index in [9.17, 15) is 29.4 Å². The molecule has 6 N–H and O–H groups in total. The van der Waals surface area contributed by atoms with Crippen LogP contribution >= 0.6 is 22.6 Å². The predicted octanol–water partition coefficient (Wildman–Crippen LogP) is 4.52. The minimum absolute atomic E-state index is 0.0200. The predicted molar refractivity (Wildman–Crippen MR) is 179 cm³/mol. The number of hydrazine groups is 1. The van der Waals surface area contributed by atoms with Crippen molar-refractivity contribution in [3.8, 4) is 0 Å². The van der Waals surface area contributed by atoms with Crippen molar-refractivity contribution in [1.29, 1.82) is 0 Å². The van der Waals surface area contributed by atoms with Crippen LogP contribution < -0.4 is 21.5 Å². The molecular weight excluding hydrogens is 675 g/mol. The highest BCUT2D eigenvalue weighted by atomic mass is 127. The maximum atomic E-state index is 12.1. The topological polar surface area (TPSA) is 157 Å². The monoisotopic (exact) mass is 722 g/mol. The average Bonchev–Trinajstić information content (AvgIpc) is 2.98. The standard InChI is InChI=1S/C33H47IN4O6/c1-24-14-16-25(17-15-24)8-6-12-30(39)35-22-4-2-10-28(32(41)42)37-38-29(33(43)44)11-3-5-23-36-31(40)13-7-9-26-18-20-27(34)21-19-26/h14-21,28-29,37-38H,2-13,22-23H2,1H3,(H,35,39)(H,36,40)(H,41,42)(H,43,44)/t28-,29-/m0/s1. The highest BCUT2D eigenvalue weighted by Crippen LogP contribution is 2.10. The zero-order chi connectivity index (χ0) is 32.2. The molecule has 0 bridgehead atoms. The van der Waals surface area contributed by atoms with Crippen LogP contribution in [0.2, 0.25) is 0 Å². The molecule has 0 aliphatic carbocycles. The second kappa shape index (κ2) is 21.6. The van der Waals surface area contributed by atoms with E-state index in [1.807, 2.05) is 19.1 Å². The van der Waals surface area contributed by atoms with Gasteiger partial charge in [0, 0.05) is 29.5 Å². The molecule has 11 heteroatoms. The second-order valence-electron chi connectivity index (χ2n) is 11.1. The van der Waals surface area contributed by atoms with Crippen molar-refractivity contribution >= 4 is 46.3 Å². The summed E-state index contributed by atoms with van der Waals surface area (Å²) in [6.07, 6.45) is 7.00. The normalized spacial score (nSPS) is 12.3. The van der Waals surface area contributed by atoms with Gasteiger partial charge < -0.3 is 20.8 Å². The number of carbonyl (C=O) groups excluding carboxylic acids is 2. The summed E-state index contributed by atoms with van der Waals surface area (Å²) in [5, 5.41) is 24.9. The number of carboxylic acid groups (broad SMARTS) is 2. The van der Waals surface area contributed by atoms with E-state index in [1.165, 1.54) is 20.3 Å². The van der Waals surface area contributed by atoms with Gasteiger partial charge >= 0.3 is 11.9 Å². The van der Waals surface area contributed by atoms with E-state index < -0.39 is 24.0 Å². The first kappa shape index (κ1) is 37.2. The molecule has 2 rings (SSSR count). The highest BCUT2D eigenvalue weighted by molar-refractivity contribution is 14.1. The first-order valence-corrected chi connectivity index (χ1v) is 16.5. The number of hydrogen-bond donors (Lipinski definition) is 6. The van der Waals surface area contributed by atoms with Crippen molar-refractivity contribution in [1.82, 2.24) is 21.5 Å². The van der Waals surface area contributed by atoms with E-state index >= 15 is 0 Å². The fourth-order valence-corrected chi connectivity index (χ4v) is 4.97. The summed E-state index contributed by atoms with van der Waals surface area (Å²) in [5.41, 5.74) is 8.93. The lowest BCUT2D eigenvalue weighted by Gasteiger charge is -2.20. The molecule has 0 aliphatic heterocycles. The molecule has 0 spiro atoms. The van der Waals surface area contributed by atoms with Gasteiger partial charge in [-0.1, -0.05) is 42.0 Å². The minimum atomic E-state index is -1.08. The number of halogens is 1. The number of aliphatic carboxylic acids is 2. The molecule has 2 atom stereocenters. The summed E-state index contributed by atoms with van der Waals surface area (Å²) >= 11 is 2.26. The molecule has 0 saturated carbocycles. The molecule has 0 aliphatic rings. The van der Waals surface area contributed by atoms with E-state index in [0.29, 0.717) is 51.6 Å². The summed E-state index contributed by atoms with van der Waals surface area (Å²) in [7, 11) is 0. The van der Waals surface area contributed by atoms with Crippen LogP contribution in [0.5, 0.6) is 0 Å². The van der Waals surface area contributed by atoms with E-state index in [2.05, 4.69) is 80.5 Å². The molecule has 2 amide bonds. The Hall–Kier alpha value is -3.03. The van der Waals surface area contributed by atoms with Gasteiger partial charge in [-0.05, 0) is 117 Å². The van der Waals surface area contributed by atoms with E-state index in [0.717, 1.165) is 25.7 Å². The van der Waals surface area contributed by atoms with Gasteiger partial charge in [-0.2, -0.15) is 0 Å². The van der Waals surface area contributed by atoms with Crippen LogP contribution in [0.3, 0.4) is 0 Å². The SMILES string of the molecule is Cc1ccc(CCCC(=O)NCCCC[C@H](NN[C@@H](CCCCNC(=O)CCCc2ccc(I)cc2)C(=O)O)C(=O)O)cc1. The molecule has 242 valence electrons. The number of carboxylic acids is 2. The van der Waals surface area contributed by atoms with Crippen LogP contribution in [0.15, 0.2) is 48.5 Å².